The molecular formula is C10H14O. The van der Waals surface area contributed by atoms with Gasteiger partial charge in [-0.3, -0.25) is 0 Å². The maximum absolute atomic E-state index is 9.09. The topological polar surface area (TPSA) is 20.2 Å². The van der Waals surface area contributed by atoms with E-state index in [1.165, 1.54) is 18.4 Å². The molecule has 1 aromatic rings. The van der Waals surface area contributed by atoms with Crippen LogP contribution in [0.3, 0.4) is 0 Å². The predicted octanol–water partition coefficient (Wildman–Crippen LogP) is 2.91. The molecule has 0 atom stereocenters. The van der Waals surface area contributed by atoms with Crippen LogP contribution in [0.1, 0.15) is 31.7 Å². The van der Waals surface area contributed by atoms with Gasteiger partial charge in [0, 0.05) is 0 Å². The lowest BCUT2D eigenvalue weighted by atomic mass is 10.1. The van der Waals surface area contributed by atoms with Crippen molar-refractivity contribution in [1.82, 2.24) is 0 Å². The molecule has 1 aliphatic carbocycles. The molecule has 0 heterocycles. The molecule has 1 aliphatic rings. The summed E-state index contributed by atoms with van der Waals surface area (Å²) in [7, 11) is 0. The second-order valence-corrected chi connectivity index (χ2v) is 2.87. The molecule has 0 radical (unpaired) electrons. The van der Waals surface area contributed by atoms with Gasteiger partial charge >= 0.3 is 0 Å². The molecule has 11 heavy (non-hydrogen) atoms. The van der Waals surface area contributed by atoms with Crippen molar-refractivity contribution >= 4 is 0 Å². The lowest BCUT2D eigenvalue weighted by molar-refractivity contribution is 0.474. The van der Waals surface area contributed by atoms with Crippen LogP contribution >= 0.6 is 0 Å². The average Bonchev–Trinajstić information content (AvgIpc) is 2.68. The summed E-state index contributed by atoms with van der Waals surface area (Å²) in [5.74, 6) is 1.14. The Labute approximate surface area is 67.7 Å². The van der Waals surface area contributed by atoms with Gasteiger partial charge in [0.05, 0.1) is 0 Å². The van der Waals surface area contributed by atoms with E-state index in [9.17, 15) is 0 Å². The SMILES string of the molecule is C.Oc1cccc(C2CC2)c1. The van der Waals surface area contributed by atoms with Gasteiger partial charge in [-0.1, -0.05) is 19.6 Å². The molecule has 1 N–H and O–H groups in total. The maximum atomic E-state index is 9.09. The normalized spacial score (nSPS) is 15.6. The van der Waals surface area contributed by atoms with Crippen molar-refractivity contribution in [3.8, 4) is 5.75 Å². The highest BCUT2D eigenvalue weighted by atomic mass is 16.3. The summed E-state index contributed by atoms with van der Waals surface area (Å²) < 4.78 is 0. The molecule has 0 bridgehead atoms. The van der Waals surface area contributed by atoms with Gasteiger partial charge in [0.1, 0.15) is 5.75 Å². The highest BCUT2D eigenvalue weighted by Crippen LogP contribution is 2.40. The van der Waals surface area contributed by atoms with Crippen LogP contribution in [0.25, 0.3) is 0 Å². The third-order valence-corrected chi connectivity index (χ3v) is 1.92. The first-order valence-corrected chi connectivity index (χ1v) is 3.65. The highest BCUT2D eigenvalue weighted by Gasteiger charge is 2.23. The van der Waals surface area contributed by atoms with E-state index in [0.29, 0.717) is 5.75 Å². The summed E-state index contributed by atoms with van der Waals surface area (Å²) in [4.78, 5) is 0. The highest BCUT2D eigenvalue weighted by molar-refractivity contribution is 5.31. The largest absolute Gasteiger partial charge is 0.508 e. The molecular weight excluding hydrogens is 136 g/mol. The molecule has 0 unspecified atom stereocenters. The molecule has 0 spiro atoms. The molecule has 1 nitrogen and oxygen atoms in total. The Kier molecular flexibility index (Phi) is 2.18. The number of phenolic OH excluding ortho intramolecular Hbond substituents is 1. The Morgan fingerprint density at radius 1 is 1.27 bits per heavy atom. The second-order valence-electron chi connectivity index (χ2n) is 2.87. The number of rotatable bonds is 1. The summed E-state index contributed by atoms with van der Waals surface area (Å²) in [5.41, 5.74) is 1.29. The zero-order chi connectivity index (χ0) is 6.97. The van der Waals surface area contributed by atoms with Gasteiger partial charge in [0.2, 0.25) is 0 Å². The number of phenols is 1. The smallest absolute Gasteiger partial charge is 0.115 e. The fourth-order valence-electron chi connectivity index (χ4n) is 1.20. The lowest BCUT2D eigenvalue weighted by Crippen LogP contribution is -1.75. The van der Waals surface area contributed by atoms with Crippen molar-refractivity contribution < 1.29 is 5.11 Å². The van der Waals surface area contributed by atoms with Gasteiger partial charge in [-0.15, -0.1) is 0 Å². The van der Waals surface area contributed by atoms with Gasteiger partial charge in [-0.05, 0) is 36.5 Å². The van der Waals surface area contributed by atoms with Gasteiger partial charge in [0.25, 0.3) is 0 Å². The summed E-state index contributed by atoms with van der Waals surface area (Å²) in [5, 5.41) is 9.09. The fourth-order valence-corrected chi connectivity index (χ4v) is 1.20. The minimum atomic E-state index is 0. The van der Waals surface area contributed by atoms with E-state index >= 15 is 0 Å². The third kappa shape index (κ3) is 1.73. The molecule has 60 valence electrons. The first-order chi connectivity index (χ1) is 4.86. The van der Waals surface area contributed by atoms with Crippen LogP contribution < -0.4 is 0 Å². The molecule has 2 rings (SSSR count). The van der Waals surface area contributed by atoms with Crippen molar-refractivity contribution in [1.29, 1.82) is 0 Å². The molecule has 1 fully saturated rings. The van der Waals surface area contributed by atoms with Crippen molar-refractivity contribution in [2.24, 2.45) is 0 Å². The average molecular weight is 150 g/mol. The first kappa shape index (κ1) is 8.12. The van der Waals surface area contributed by atoms with Gasteiger partial charge in [-0.2, -0.15) is 0 Å². The molecule has 1 aromatic carbocycles. The summed E-state index contributed by atoms with van der Waals surface area (Å²) in [6.07, 6.45) is 2.59. The second kappa shape index (κ2) is 2.95. The quantitative estimate of drug-likeness (QED) is 0.652. The minimum absolute atomic E-state index is 0. The Morgan fingerprint density at radius 3 is 2.55 bits per heavy atom. The van der Waals surface area contributed by atoms with Crippen molar-refractivity contribution in [3.63, 3.8) is 0 Å². The van der Waals surface area contributed by atoms with Gasteiger partial charge in [-0.25, -0.2) is 0 Å². The molecule has 0 aromatic heterocycles. The Morgan fingerprint density at radius 2 is 2.00 bits per heavy atom. The van der Waals surface area contributed by atoms with Gasteiger partial charge < -0.3 is 5.11 Å². The maximum Gasteiger partial charge on any atom is 0.115 e. The molecule has 0 aliphatic heterocycles. The Hall–Kier alpha value is -0.980. The van der Waals surface area contributed by atoms with Crippen molar-refractivity contribution in [2.45, 2.75) is 26.2 Å². The monoisotopic (exact) mass is 150 g/mol. The Bertz CT molecular complexity index is 238. The minimum Gasteiger partial charge on any atom is -0.508 e. The fraction of sp³-hybridized carbons (Fsp3) is 0.400. The van der Waals surface area contributed by atoms with Crippen LogP contribution in [0.5, 0.6) is 5.75 Å². The van der Waals surface area contributed by atoms with E-state index in [1.54, 1.807) is 6.07 Å². The van der Waals surface area contributed by atoms with E-state index in [-0.39, 0.29) is 7.43 Å². The van der Waals surface area contributed by atoms with Crippen molar-refractivity contribution in [2.75, 3.05) is 0 Å². The first-order valence-electron chi connectivity index (χ1n) is 3.65. The number of hydrogen-bond donors (Lipinski definition) is 1. The van der Waals surface area contributed by atoms with E-state index in [2.05, 4.69) is 6.07 Å². The molecule has 1 saturated carbocycles. The third-order valence-electron chi connectivity index (χ3n) is 1.92. The zero-order valence-electron chi connectivity index (χ0n) is 5.75. The van der Waals surface area contributed by atoms with Crippen LogP contribution in [0.15, 0.2) is 24.3 Å². The number of hydrogen-bond acceptors (Lipinski definition) is 1. The van der Waals surface area contributed by atoms with E-state index < -0.39 is 0 Å². The van der Waals surface area contributed by atoms with Crippen LogP contribution in [0.4, 0.5) is 0 Å². The van der Waals surface area contributed by atoms with Crippen LogP contribution in [-0.2, 0) is 0 Å². The molecule has 1 heteroatoms. The van der Waals surface area contributed by atoms with Crippen molar-refractivity contribution in [3.05, 3.63) is 29.8 Å². The van der Waals surface area contributed by atoms with E-state index in [1.807, 2.05) is 12.1 Å². The van der Waals surface area contributed by atoms with E-state index in [0.717, 1.165) is 5.92 Å². The zero-order valence-corrected chi connectivity index (χ0v) is 5.75. The number of benzene rings is 1. The Balaban J connectivity index is 0.000000605. The standard InChI is InChI=1S/C9H10O.CH4/c10-9-3-1-2-8(6-9)7-4-5-7;/h1-3,6-7,10H,4-5H2;1H4. The summed E-state index contributed by atoms with van der Waals surface area (Å²) in [6.45, 7) is 0. The van der Waals surface area contributed by atoms with Crippen LogP contribution in [0.2, 0.25) is 0 Å². The number of aromatic hydroxyl groups is 1. The van der Waals surface area contributed by atoms with E-state index in [4.69, 9.17) is 5.11 Å². The lowest BCUT2D eigenvalue weighted by Gasteiger charge is -1.96. The van der Waals surface area contributed by atoms with Gasteiger partial charge in [0.15, 0.2) is 0 Å². The predicted molar refractivity (Wildman–Crippen MR) is 46.8 cm³/mol. The summed E-state index contributed by atoms with van der Waals surface area (Å²) >= 11 is 0. The molecule has 0 saturated heterocycles. The summed E-state index contributed by atoms with van der Waals surface area (Å²) in [6, 6.07) is 7.56. The van der Waals surface area contributed by atoms with Crippen LogP contribution in [0, 0.1) is 0 Å². The molecule has 0 amide bonds. The van der Waals surface area contributed by atoms with Crippen LogP contribution in [-0.4, -0.2) is 5.11 Å².